The van der Waals surface area contributed by atoms with E-state index < -0.39 is 0 Å². The summed E-state index contributed by atoms with van der Waals surface area (Å²) in [5.74, 6) is -0.277. The summed E-state index contributed by atoms with van der Waals surface area (Å²) in [5, 5.41) is 9.43. The number of aromatic nitrogens is 3. The highest BCUT2D eigenvalue weighted by Crippen LogP contribution is 2.35. The van der Waals surface area contributed by atoms with Crippen LogP contribution in [0.15, 0.2) is 65.5 Å². The second-order valence-corrected chi connectivity index (χ2v) is 9.81. The lowest BCUT2D eigenvalue weighted by Crippen LogP contribution is -2.57. The maximum Gasteiger partial charge on any atom is 0.252 e. The molecule has 8 heteroatoms. The molecule has 0 spiro atoms. The summed E-state index contributed by atoms with van der Waals surface area (Å²) in [6, 6.07) is 19.6. The fourth-order valence-corrected chi connectivity index (χ4v) is 5.37. The zero-order valence-electron chi connectivity index (χ0n) is 21.4. The largest absolute Gasteiger partial charge is 0.364 e. The van der Waals surface area contributed by atoms with Gasteiger partial charge in [-0.05, 0) is 62.7 Å². The monoisotopic (exact) mass is 496 g/mol. The molecule has 188 valence electrons. The van der Waals surface area contributed by atoms with Crippen LogP contribution < -0.4 is 10.5 Å². The van der Waals surface area contributed by atoms with Crippen LogP contribution >= 0.6 is 0 Å². The Hall–Kier alpha value is -4.09. The van der Waals surface area contributed by atoms with E-state index in [4.69, 9.17) is 4.98 Å². The van der Waals surface area contributed by atoms with Crippen LogP contribution in [-0.4, -0.2) is 44.6 Å². The summed E-state index contributed by atoms with van der Waals surface area (Å²) in [6.45, 7) is 7.49. The van der Waals surface area contributed by atoms with E-state index >= 15 is 0 Å². The van der Waals surface area contributed by atoms with Crippen LogP contribution in [0.2, 0.25) is 0 Å². The number of fused-ring (bicyclic) bond motifs is 1. The molecule has 4 aromatic rings. The molecule has 5 rings (SSSR count). The van der Waals surface area contributed by atoms with Gasteiger partial charge in [-0.2, -0.15) is 5.26 Å². The topological polar surface area (TPSA) is 78.0 Å². The Morgan fingerprint density at radius 2 is 1.81 bits per heavy atom. The number of pyridine rings is 3. The number of hydrogen-bond acceptors (Lipinski definition) is 6. The van der Waals surface area contributed by atoms with Gasteiger partial charge in [0.25, 0.3) is 5.56 Å². The van der Waals surface area contributed by atoms with Gasteiger partial charge in [0.2, 0.25) is 0 Å². The molecule has 3 atom stereocenters. The molecule has 1 aliphatic rings. The van der Waals surface area contributed by atoms with Gasteiger partial charge in [0, 0.05) is 44.0 Å². The Labute approximate surface area is 215 Å². The SMILES string of the molecule is Cc1cccc(C(c2cccc(F)c2)N2C[C@H](C)N(c3cc(=O)n(C)c4ccc(C#N)nc34)C[C@H]2C)n1. The van der Waals surface area contributed by atoms with Gasteiger partial charge in [-0.25, -0.2) is 9.37 Å². The van der Waals surface area contributed by atoms with Gasteiger partial charge in [-0.3, -0.25) is 14.7 Å². The zero-order chi connectivity index (χ0) is 26.3. The number of nitrogens with zero attached hydrogens (tertiary/aromatic N) is 6. The summed E-state index contributed by atoms with van der Waals surface area (Å²) >= 11 is 0. The van der Waals surface area contributed by atoms with Crippen LogP contribution in [0.25, 0.3) is 11.0 Å². The van der Waals surface area contributed by atoms with Gasteiger partial charge in [-0.1, -0.05) is 18.2 Å². The minimum atomic E-state index is -0.277. The average molecular weight is 497 g/mol. The Balaban J connectivity index is 1.57. The molecule has 3 aromatic heterocycles. The quantitative estimate of drug-likeness (QED) is 0.418. The maximum absolute atomic E-state index is 14.3. The first kappa shape index (κ1) is 24.6. The molecular weight excluding hydrogens is 467 g/mol. The third kappa shape index (κ3) is 4.58. The number of hydrogen-bond donors (Lipinski definition) is 0. The lowest BCUT2D eigenvalue weighted by atomic mass is 9.96. The van der Waals surface area contributed by atoms with Gasteiger partial charge in [0.1, 0.15) is 23.1 Å². The van der Waals surface area contributed by atoms with Crippen LogP contribution in [0.5, 0.6) is 0 Å². The molecule has 0 radical (unpaired) electrons. The molecule has 0 N–H and O–H groups in total. The summed E-state index contributed by atoms with van der Waals surface area (Å²) in [4.78, 5) is 26.8. The Morgan fingerprint density at radius 1 is 1.03 bits per heavy atom. The fraction of sp³-hybridized carbons (Fsp3) is 0.310. The van der Waals surface area contributed by atoms with Crippen molar-refractivity contribution < 1.29 is 4.39 Å². The van der Waals surface area contributed by atoms with Gasteiger partial charge >= 0.3 is 0 Å². The van der Waals surface area contributed by atoms with E-state index in [0.29, 0.717) is 29.8 Å². The molecule has 1 unspecified atom stereocenters. The third-order valence-corrected chi connectivity index (χ3v) is 7.21. The van der Waals surface area contributed by atoms with Crippen molar-refractivity contribution in [1.82, 2.24) is 19.4 Å². The minimum Gasteiger partial charge on any atom is -0.364 e. The number of nitriles is 1. The van der Waals surface area contributed by atoms with Crippen LogP contribution in [0.1, 0.15) is 42.5 Å². The van der Waals surface area contributed by atoms with Crippen molar-refractivity contribution in [2.75, 3.05) is 18.0 Å². The van der Waals surface area contributed by atoms with E-state index in [1.165, 1.54) is 6.07 Å². The summed E-state index contributed by atoms with van der Waals surface area (Å²) in [7, 11) is 1.71. The standard InChI is InChI=1S/C29H29FN6O/c1-18-7-5-10-24(32-18)29(21-8-6-9-22(30)13-21)36-17-19(2)35(16-20(36)3)26-14-27(37)34(4)25-12-11-23(15-31)33-28(25)26/h5-14,19-20,29H,16-17H2,1-4H3/t19-,20+,29?/m0/s1. The van der Waals surface area contributed by atoms with Crippen molar-refractivity contribution in [3.05, 3.63) is 99.5 Å². The van der Waals surface area contributed by atoms with Crippen LogP contribution in [-0.2, 0) is 7.05 Å². The van der Waals surface area contributed by atoms with Gasteiger partial charge in [0.15, 0.2) is 0 Å². The van der Waals surface area contributed by atoms with E-state index in [0.717, 1.165) is 22.6 Å². The molecule has 37 heavy (non-hydrogen) atoms. The molecule has 7 nitrogen and oxygen atoms in total. The minimum absolute atomic E-state index is 0.0138. The predicted octanol–water partition coefficient (Wildman–Crippen LogP) is 4.34. The van der Waals surface area contributed by atoms with Crippen LogP contribution in [0.3, 0.4) is 0 Å². The molecular formula is C29H29FN6O. The van der Waals surface area contributed by atoms with E-state index in [-0.39, 0.29) is 29.5 Å². The van der Waals surface area contributed by atoms with E-state index in [9.17, 15) is 14.4 Å². The zero-order valence-corrected chi connectivity index (χ0v) is 21.4. The predicted molar refractivity (Wildman–Crippen MR) is 142 cm³/mol. The second kappa shape index (κ2) is 9.75. The number of anilines is 1. The number of rotatable bonds is 4. The lowest BCUT2D eigenvalue weighted by molar-refractivity contribution is 0.127. The number of benzene rings is 1. The Bertz CT molecular complexity index is 1530. The van der Waals surface area contributed by atoms with Crippen molar-refractivity contribution in [3.8, 4) is 6.07 Å². The van der Waals surface area contributed by atoms with Gasteiger partial charge < -0.3 is 9.47 Å². The maximum atomic E-state index is 14.3. The first-order valence-corrected chi connectivity index (χ1v) is 12.4. The van der Waals surface area contributed by atoms with Crippen molar-refractivity contribution in [3.63, 3.8) is 0 Å². The molecule has 0 bridgehead atoms. The summed E-state index contributed by atoms with van der Waals surface area (Å²) in [5.41, 5.74) is 4.86. The molecule has 1 fully saturated rings. The van der Waals surface area contributed by atoms with Crippen molar-refractivity contribution in [2.45, 2.75) is 38.9 Å². The smallest absolute Gasteiger partial charge is 0.252 e. The van der Waals surface area contributed by atoms with Gasteiger partial charge in [-0.15, -0.1) is 0 Å². The van der Waals surface area contributed by atoms with Crippen molar-refractivity contribution >= 4 is 16.7 Å². The van der Waals surface area contributed by atoms with Crippen LogP contribution in [0.4, 0.5) is 10.1 Å². The summed E-state index contributed by atoms with van der Waals surface area (Å²) in [6.07, 6.45) is 0. The highest BCUT2D eigenvalue weighted by Gasteiger charge is 2.36. The molecule has 1 aromatic carbocycles. The molecule has 4 heterocycles. The highest BCUT2D eigenvalue weighted by molar-refractivity contribution is 5.89. The molecule has 1 saturated heterocycles. The van der Waals surface area contributed by atoms with Crippen molar-refractivity contribution in [1.29, 1.82) is 5.26 Å². The Morgan fingerprint density at radius 3 is 2.54 bits per heavy atom. The van der Waals surface area contributed by atoms with Crippen molar-refractivity contribution in [2.24, 2.45) is 7.05 Å². The number of piperazine rings is 1. The Kier molecular flexibility index (Phi) is 6.48. The number of halogens is 1. The molecule has 1 aliphatic heterocycles. The first-order valence-electron chi connectivity index (χ1n) is 12.4. The molecule has 0 saturated carbocycles. The lowest BCUT2D eigenvalue weighted by Gasteiger charge is -2.48. The average Bonchev–Trinajstić information content (AvgIpc) is 2.88. The fourth-order valence-electron chi connectivity index (χ4n) is 5.37. The van der Waals surface area contributed by atoms with E-state index in [1.54, 1.807) is 41.9 Å². The normalized spacial score (nSPS) is 19.1. The van der Waals surface area contributed by atoms with E-state index in [1.807, 2.05) is 31.2 Å². The molecule has 0 aliphatic carbocycles. The van der Waals surface area contributed by atoms with Crippen LogP contribution in [0, 0.1) is 24.1 Å². The first-order chi connectivity index (χ1) is 17.8. The van der Waals surface area contributed by atoms with E-state index in [2.05, 4.69) is 34.7 Å². The highest BCUT2D eigenvalue weighted by atomic mass is 19.1. The third-order valence-electron chi connectivity index (χ3n) is 7.21. The molecule has 0 amide bonds. The number of aryl methyl sites for hydroxylation is 2. The van der Waals surface area contributed by atoms with Gasteiger partial charge in [0.05, 0.1) is 22.9 Å². The second-order valence-electron chi connectivity index (χ2n) is 9.81. The summed E-state index contributed by atoms with van der Waals surface area (Å²) < 4.78 is 15.9.